The Kier molecular flexibility index (Phi) is 4.48. The van der Waals surface area contributed by atoms with E-state index in [1.54, 1.807) is 10.6 Å². The zero-order chi connectivity index (χ0) is 18.0. The Bertz CT molecular complexity index is 979. The lowest BCUT2D eigenvalue weighted by molar-refractivity contribution is -0.597. The summed E-state index contributed by atoms with van der Waals surface area (Å²) in [6.45, 7) is 1.94. The summed E-state index contributed by atoms with van der Waals surface area (Å²) in [4.78, 5) is 25.0. The monoisotopic (exact) mass is 336 g/mol. The minimum Gasteiger partial charge on any atom is -0.465 e. The molecule has 5 heteroatoms. The Morgan fingerprint density at radius 2 is 1.52 bits per heavy atom. The first kappa shape index (κ1) is 16.6. The van der Waals surface area contributed by atoms with Crippen molar-refractivity contribution in [2.75, 3.05) is 14.2 Å². The van der Waals surface area contributed by atoms with Crippen molar-refractivity contribution in [1.82, 2.24) is 0 Å². The second kappa shape index (κ2) is 6.73. The van der Waals surface area contributed by atoms with Crippen LogP contribution < -0.4 is 4.57 Å². The number of pyridine rings is 1. The van der Waals surface area contributed by atoms with Gasteiger partial charge in [-0.25, -0.2) is 9.59 Å². The largest absolute Gasteiger partial charge is 0.465 e. The summed E-state index contributed by atoms with van der Waals surface area (Å²) in [5.74, 6) is -1.19. The molecule has 5 nitrogen and oxygen atoms in total. The van der Waals surface area contributed by atoms with Crippen LogP contribution in [-0.4, -0.2) is 26.2 Å². The van der Waals surface area contributed by atoms with Crippen molar-refractivity contribution in [3.8, 4) is 5.69 Å². The molecule has 0 fully saturated rings. The Balaban J connectivity index is 2.50. The first-order chi connectivity index (χ1) is 12.1. The Hall–Kier alpha value is -3.21. The number of rotatable bonds is 3. The molecular formula is C20H18NO4+. The highest BCUT2D eigenvalue weighted by atomic mass is 16.5. The average molecular weight is 336 g/mol. The standard InChI is InChI=1S/C20H18NO4/c1-13-8-4-7-11-16(13)21-12-14-9-5-6-10-15(14)17(19(22)24-2)18(21)20(23)25-3/h4-12H,1-3H3/q+1. The molecule has 0 aliphatic carbocycles. The molecule has 0 unspecified atom stereocenters. The lowest BCUT2D eigenvalue weighted by Crippen LogP contribution is -2.41. The molecule has 2 aromatic carbocycles. The lowest BCUT2D eigenvalue weighted by Gasteiger charge is -2.11. The quantitative estimate of drug-likeness (QED) is 0.545. The summed E-state index contributed by atoms with van der Waals surface area (Å²) < 4.78 is 11.6. The van der Waals surface area contributed by atoms with Crippen LogP contribution in [-0.2, 0) is 9.47 Å². The molecule has 3 aromatic rings. The molecule has 25 heavy (non-hydrogen) atoms. The molecule has 0 aliphatic rings. The highest BCUT2D eigenvalue weighted by molar-refractivity contribution is 6.10. The van der Waals surface area contributed by atoms with E-state index >= 15 is 0 Å². The van der Waals surface area contributed by atoms with Crippen molar-refractivity contribution in [2.45, 2.75) is 6.92 Å². The molecule has 0 saturated carbocycles. The zero-order valence-corrected chi connectivity index (χ0v) is 14.3. The van der Waals surface area contributed by atoms with Crippen molar-refractivity contribution in [1.29, 1.82) is 0 Å². The number of fused-ring (bicyclic) bond motifs is 1. The lowest BCUT2D eigenvalue weighted by atomic mass is 10.0. The number of carbonyl (C=O) groups is 2. The summed E-state index contributed by atoms with van der Waals surface area (Å²) in [6, 6.07) is 15.0. The number of hydrogen-bond acceptors (Lipinski definition) is 4. The molecule has 0 atom stereocenters. The van der Waals surface area contributed by atoms with Crippen LogP contribution in [0.25, 0.3) is 16.5 Å². The molecule has 0 bridgehead atoms. The number of hydrogen-bond donors (Lipinski definition) is 0. The molecule has 3 rings (SSSR count). The second-order valence-electron chi connectivity index (χ2n) is 5.58. The molecule has 0 aliphatic heterocycles. The molecule has 0 N–H and O–H groups in total. The van der Waals surface area contributed by atoms with E-state index in [-0.39, 0.29) is 11.3 Å². The van der Waals surface area contributed by atoms with E-state index in [0.29, 0.717) is 5.39 Å². The van der Waals surface area contributed by atoms with E-state index in [1.165, 1.54) is 14.2 Å². The van der Waals surface area contributed by atoms with E-state index in [1.807, 2.05) is 55.6 Å². The van der Waals surface area contributed by atoms with Crippen LogP contribution in [0.5, 0.6) is 0 Å². The number of aromatic nitrogens is 1. The summed E-state index contributed by atoms with van der Waals surface area (Å²) in [5, 5.41) is 1.46. The highest BCUT2D eigenvalue weighted by Crippen LogP contribution is 2.23. The highest BCUT2D eigenvalue weighted by Gasteiger charge is 2.34. The average Bonchev–Trinajstić information content (AvgIpc) is 2.65. The Morgan fingerprint density at radius 3 is 2.20 bits per heavy atom. The van der Waals surface area contributed by atoms with Crippen LogP contribution in [0.1, 0.15) is 26.4 Å². The minimum atomic E-state index is -0.602. The normalized spacial score (nSPS) is 10.5. The van der Waals surface area contributed by atoms with Gasteiger partial charge in [0, 0.05) is 22.4 Å². The van der Waals surface area contributed by atoms with Gasteiger partial charge in [-0.15, -0.1) is 0 Å². The zero-order valence-electron chi connectivity index (χ0n) is 14.3. The van der Waals surface area contributed by atoms with Gasteiger partial charge < -0.3 is 9.47 Å². The van der Waals surface area contributed by atoms with Crippen molar-refractivity contribution in [3.63, 3.8) is 0 Å². The number of carbonyl (C=O) groups excluding carboxylic acids is 2. The number of para-hydroxylation sites is 1. The molecule has 0 spiro atoms. The third-order valence-corrected chi connectivity index (χ3v) is 4.12. The van der Waals surface area contributed by atoms with Gasteiger partial charge in [-0.3, -0.25) is 0 Å². The van der Waals surface area contributed by atoms with Gasteiger partial charge in [0.15, 0.2) is 6.20 Å². The van der Waals surface area contributed by atoms with Gasteiger partial charge in [0.25, 0.3) is 0 Å². The molecule has 126 valence electrons. The van der Waals surface area contributed by atoms with Gasteiger partial charge in [0.05, 0.1) is 14.2 Å². The molecule has 0 amide bonds. The molecule has 0 radical (unpaired) electrons. The third kappa shape index (κ3) is 2.85. The van der Waals surface area contributed by atoms with Crippen LogP contribution in [0.15, 0.2) is 54.7 Å². The number of nitrogens with zero attached hydrogens (tertiary/aromatic N) is 1. The summed E-state index contributed by atoms with van der Waals surface area (Å²) in [5.41, 5.74) is 2.08. The summed E-state index contributed by atoms with van der Waals surface area (Å²) in [6.07, 6.45) is 1.83. The predicted molar refractivity (Wildman–Crippen MR) is 92.9 cm³/mol. The van der Waals surface area contributed by atoms with E-state index < -0.39 is 11.9 Å². The van der Waals surface area contributed by atoms with E-state index in [2.05, 4.69) is 0 Å². The van der Waals surface area contributed by atoms with Crippen LogP contribution in [0, 0.1) is 6.92 Å². The summed E-state index contributed by atoms with van der Waals surface area (Å²) in [7, 11) is 2.59. The van der Waals surface area contributed by atoms with Gasteiger partial charge in [-0.05, 0) is 13.0 Å². The number of aryl methyl sites for hydroxylation is 1. The fourth-order valence-electron chi connectivity index (χ4n) is 2.92. The van der Waals surface area contributed by atoms with E-state index in [4.69, 9.17) is 9.47 Å². The van der Waals surface area contributed by atoms with Crippen molar-refractivity contribution < 1.29 is 23.6 Å². The van der Waals surface area contributed by atoms with Gasteiger partial charge >= 0.3 is 17.6 Å². The first-order valence-electron chi connectivity index (χ1n) is 7.78. The van der Waals surface area contributed by atoms with Crippen molar-refractivity contribution >= 4 is 22.7 Å². The van der Waals surface area contributed by atoms with Gasteiger partial charge in [0.1, 0.15) is 5.56 Å². The van der Waals surface area contributed by atoms with Crippen LogP contribution in [0.4, 0.5) is 0 Å². The van der Waals surface area contributed by atoms with Crippen LogP contribution in [0.3, 0.4) is 0 Å². The number of methoxy groups -OCH3 is 2. The maximum atomic E-state index is 12.6. The minimum absolute atomic E-state index is 0.141. The van der Waals surface area contributed by atoms with Crippen LogP contribution >= 0.6 is 0 Å². The smallest absolute Gasteiger partial charge is 0.404 e. The predicted octanol–water partition coefficient (Wildman–Crippen LogP) is 3.00. The maximum Gasteiger partial charge on any atom is 0.404 e. The van der Waals surface area contributed by atoms with Crippen molar-refractivity contribution in [3.05, 3.63) is 71.5 Å². The maximum absolute atomic E-state index is 12.6. The Labute approximate surface area is 145 Å². The molecular weight excluding hydrogens is 318 g/mol. The van der Waals surface area contributed by atoms with E-state index in [0.717, 1.165) is 16.6 Å². The first-order valence-corrected chi connectivity index (χ1v) is 7.78. The topological polar surface area (TPSA) is 56.5 Å². The molecule has 0 saturated heterocycles. The van der Waals surface area contributed by atoms with Crippen LogP contribution in [0.2, 0.25) is 0 Å². The summed E-state index contributed by atoms with van der Waals surface area (Å²) >= 11 is 0. The fourth-order valence-corrected chi connectivity index (χ4v) is 2.92. The van der Waals surface area contributed by atoms with E-state index in [9.17, 15) is 9.59 Å². The number of esters is 2. The molecule has 1 heterocycles. The second-order valence-corrected chi connectivity index (χ2v) is 5.58. The Morgan fingerprint density at radius 1 is 0.880 bits per heavy atom. The van der Waals surface area contributed by atoms with Crippen molar-refractivity contribution in [2.24, 2.45) is 0 Å². The van der Waals surface area contributed by atoms with Gasteiger partial charge in [-0.2, -0.15) is 4.57 Å². The van der Waals surface area contributed by atoms with Gasteiger partial charge in [0.2, 0.25) is 5.69 Å². The number of benzene rings is 2. The fraction of sp³-hybridized carbons (Fsp3) is 0.150. The third-order valence-electron chi connectivity index (χ3n) is 4.12. The SMILES string of the molecule is COC(=O)c1c(C(=O)OC)[n+](-c2ccccc2C)cc2ccccc12. The number of ether oxygens (including phenoxy) is 2. The molecule has 1 aromatic heterocycles. The van der Waals surface area contributed by atoms with Gasteiger partial charge in [-0.1, -0.05) is 36.4 Å².